The van der Waals surface area contributed by atoms with Gasteiger partial charge in [0, 0.05) is 12.3 Å². The fourth-order valence-electron chi connectivity index (χ4n) is 3.42. The van der Waals surface area contributed by atoms with Crippen LogP contribution < -0.4 is 10.1 Å². The molecule has 0 radical (unpaired) electrons. The van der Waals surface area contributed by atoms with Crippen molar-refractivity contribution in [1.29, 1.82) is 0 Å². The monoisotopic (exact) mass is 391 g/mol. The van der Waals surface area contributed by atoms with Crippen LogP contribution in [0, 0.1) is 5.92 Å². The van der Waals surface area contributed by atoms with Gasteiger partial charge in [0.15, 0.2) is 0 Å². The third kappa shape index (κ3) is 5.47. The first-order valence-electron chi connectivity index (χ1n) is 10.3. The molecule has 0 atom stereocenters. The van der Waals surface area contributed by atoms with Crippen LogP contribution in [0.25, 0.3) is 0 Å². The van der Waals surface area contributed by atoms with E-state index in [2.05, 4.69) is 12.2 Å². The van der Waals surface area contributed by atoms with Gasteiger partial charge in [0.05, 0.1) is 13.7 Å². The second-order valence-electron chi connectivity index (χ2n) is 7.53. The third-order valence-electron chi connectivity index (χ3n) is 5.18. The van der Waals surface area contributed by atoms with Gasteiger partial charge in [-0.05, 0) is 62.6 Å². The minimum absolute atomic E-state index is 0.147. The van der Waals surface area contributed by atoms with Gasteiger partial charge in [-0.15, -0.1) is 0 Å². The second-order valence-corrected chi connectivity index (χ2v) is 7.53. The maximum absolute atomic E-state index is 13.1. The average Bonchev–Trinajstić information content (AvgIpc) is 2.72. The SMILES string of the molecule is CCCOc1ccc(NC(=O)C2(OCCC)CCC(C)CC2)cc1C(=O)OC. The molecular weight excluding hydrogens is 358 g/mol. The van der Waals surface area contributed by atoms with Gasteiger partial charge in [0.1, 0.15) is 16.9 Å². The molecule has 1 fully saturated rings. The third-order valence-corrected chi connectivity index (χ3v) is 5.18. The minimum Gasteiger partial charge on any atom is -0.493 e. The van der Waals surface area contributed by atoms with Crippen molar-refractivity contribution in [1.82, 2.24) is 0 Å². The van der Waals surface area contributed by atoms with E-state index >= 15 is 0 Å². The number of benzene rings is 1. The Kier molecular flexibility index (Phi) is 8.30. The highest BCUT2D eigenvalue weighted by Crippen LogP contribution is 2.36. The number of hydrogen-bond acceptors (Lipinski definition) is 5. The Hall–Kier alpha value is -2.08. The van der Waals surface area contributed by atoms with Gasteiger partial charge in [-0.1, -0.05) is 20.8 Å². The van der Waals surface area contributed by atoms with Crippen molar-refractivity contribution in [2.24, 2.45) is 5.92 Å². The fraction of sp³-hybridized carbons (Fsp3) is 0.636. The van der Waals surface area contributed by atoms with Crippen molar-refractivity contribution in [3.63, 3.8) is 0 Å². The Bertz CT molecular complexity index is 659. The van der Waals surface area contributed by atoms with Crippen molar-refractivity contribution in [3.8, 4) is 5.75 Å². The maximum Gasteiger partial charge on any atom is 0.341 e. The molecule has 0 bridgehead atoms. The fourth-order valence-corrected chi connectivity index (χ4v) is 3.42. The lowest BCUT2D eigenvalue weighted by Crippen LogP contribution is -2.48. The summed E-state index contributed by atoms with van der Waals surface area (Å²) in [6, 6.07) is 5.04. The number of hydrogen-bond donors (Lipinski definition) is 1. The lowest BCUT2D eigenvalue weighted by molar-refractivity contribution is -0.147. The van der Waals surface area contributed by atoms with Gasteiger partial charge >= 0.3 is 5.97 Å². The zero-order chi connectivity index (χ0) is 20.6. The number of ether oxygens (including phenoxy) is 3. The molecule has 6 heteroatoms. The van der Waals surface area contributed by atoms with Crippen LogP contribution >= 0.6 is 0 Å². The molecule has 1 amide bonds. The van der Waals surface area contributed by atoms with E-state index in [4.69, 9.17) is 14.2 Å². The number of esters is 1. The summed E-state index contributed by atoms with van der Waals surface area (Å²) in [5.74, 6) is 0.416. The lowest BCUT2D eigenvalue weighted by atomic mass is 9.78. The molecular formula is C22H33NO5. The number of rotatable bonds is 9. The van der Waals surface area contributed by atoms with Crippen LogP contribution in [0.15, 0.2) is 18.2 Å². The number of carbonyl (C=O) groups excluding carboxylic acids is 2. The summed E-state index contributed by atoms with van der Waals surface area (Å²) >= 11 is 0. The zero-order valence-corrected chi connectivity index (χ0v) is 17.5. The number of methoxy groups -OCH3 is 1. The zero-order valence-electron chi connectivity index (χ0n) is 17.5. The van der Waals surface area contributed by atoms with Crippen molar-refractivity contribution in [3.05, 3.63) is 23.8 Å². The smallest absolute Gasteiger partial charge is 0.341 e. The van der Waals surface area contributed by atoms with Gasteiger partial charge < -0.3 is 19.5 Å². The largest absolute Gasteiger partial charge is 0.493 e. The van der Waals surface area contributed by atoms with Gasteiger partial charge in [0.2, 0.25) is 0 Å². The number of amides is 1. The number of carbonyl (C=O) groups is 2. The minimum atomic E-state index is -0.800. The molecule has 0 aromatic heterocycles. The van der Waals surface area contributed by atoms with E-state index in [1.807, 2.05) is 13.8 Å². The van der Waals surface area contributed by atoms with Gasteiger partial charge in [0.25, 0.3) is 5.91 Å². The van der Waals surface area contributed by atoms with E-state index in [1.165, 1.54) is 7.11 Å². The first-order valence-corrected chi connectivity index (χ1v) is 10.3. The molecule has 0 heterocycles. The molecule has 1 aromatic carbocycles. The number of nitrogens with one attached hydrogen (secondary N) is 1. The average molecular weight is 392 g/mol. The van der Waals surface area contributed by atoms with Crippen molar-refractivity contribution in [2.45, 2.75) is 64.9 Å². The van der Waals surface area contributed by atoms with Crippen molar-refractivity contribution < 1.29 is 23.8 Å². The first kappa shape index (κ1) is 22.2. The molecule has 1 N–H and O–H groups in total. The van der Waals surface area contributed by atoms with Crippen LogP contribution in [0.2, 0.25) is 0 Å². The highest BCUT2D eigenvalue weighted by atomic mass is 16.5. The Morgan fingerprint density at radius 1 is 1.14 bits per heavy atom. The van der Waals surface area contributed by atoms with E-state index in [0.717, 1.165) is 25.7 Å². The molecule has 1 aliphatic carbocycles. The summed E-state index contributed by atoms with van der Waals surface area (Å²) in [5.41, 5.74) is 0.0348. The highest BCUT2D eigenvalue weighted by Gasteiger charge is 2.42. The van der Waals surface area contributed by atoms with Gasteiger partial charge in [-0.2, -0.15) is 0 Å². The molecule has 1 saturated carbocycles. The molecule has 0 aliphatic heterocycles. The maximum atomic E-state index is 13.1. The van der Waals surface area contributed by atoms with Gasteiger partial charge in [-0.3, -0.25) is 4.79 Å². The summed E-state index contributed by atoms with van der Waals surface area (Å²) in [4.78, 5) is 25.3. The normalized spacial score (nSPS) is 21.8. The molecule has 0 unspecified atom stereocenters. The van der Waals surface area contributed by atoms with E-state index in [0.29, 0.717) is 49.0 Å². The Morgan fingerprint density at radius 3 is 2.43 bits per heavy atom. The van der Waals surface area contributed by atoms with Crippen LogP contribution in [-0.2, 0) is 14.3 Å². The standard InChI is InChI=1S/C22H33NO5/c1-5-13-27-19-8-7-17(15-18(19)20(24)26-4)23-21(25)22(28-14-6-2)11-9-16(3)10-12-22/h7-8,15-16H,5-6,9-14H2,1-4H3,(H,23,25). The molecule has 1 aliphatic rings. The van der Waals surface area contributed by atoms with Crippen molar-refractivity contribution in [2.75, 3.05) is 25.6 Å². The van der Waals surface area contributed by atoms with Crippen LogP contribution in [0.1, 0.15) is 69.7 Å². The van der Waals surface area contributed by atoms with E-state index in [-0.39, 0.29) is 5.91 Å². The highest BCUT2D eigenvalue weighted by molar-refractivity contribution is 5.99. The van der Waals surface area contributed by atoms with E-state index in [9.17, 15) is 9.59 Å². The Balaban J connectivity index is 2.21. The Morgan fingerprint density at radius 2 is 1.82 bits per heavy atom. The molecule has 0 saturated heterocycles. The molecule has 28 heavy (non-hydrogen) atoms. The van der Waals surface area contributed by atoms with Crippen LogP contribution in [0.5, 0.6) is 5.75 Å². The lowest BCUT2D eigenvalue weighted by Gasteiger charge is -2.38. The van der Waals surface area contributed by atoms with Crippen LogP contribution in [0.3, 0.4) is 0 Å². The van der Waals surface area contributed by atoms with Crippen molar-refractivity contribution >= 4 is 17.6 Å². The summed E-state index contributed by atoms with van der Waals surface area (Å²) < 4.78 is 16.5. The Labute approximate surface area is 167 Å². The molecule has 0 spiro atoms. The second kappa shape index (κ2) is 10.5. The predicted octanol–water partition coefficient (Wildman–Crippen LogP) is 4.58. The quantitative estimate of drug-likeness (QED) is 0.624. The summed E-state index contributed by atoms with van der Waals surface area (Å²) in [6.07, 6.45) is 5.04. The molecule has 1 aromatic rings. The van der Waals surface area contributed by atoms with E-state index in [1.54, 1.807) is 18.2 Å². The topological polar surface area (TPSA) is 73.9 Å². The summed E-state index contributed by atoms with van der Waals surface area (Å²) in [5, 5.41) is 2.95. The predicted molar refractivity (Wildman–Crippen MR) is 109 cm³/mol. The number of anilines is 1. The summed E-state index contributed by atoms with van der Waals surface area (Å²) in [6.45, 7) is 7.29. The molecule has 156 valence electrons. The van der Waals surface area contributed by atoms with Crippen LogP contribution in [-0.4, -0.2) is 37.8 Å². The molecule has 6 nitrogen and oxygen atoms in total. The van der Waals surface area contributed by atoms with Gasteiger partial charge in [-0.25, -0.2) is 4.79 Å². The summed E-state index contributed by atoms with van der Waals surface area (Å²) in [7, 11) is 1.33. The van der Waals surface area contributed by atoms with E-state index < -0.39 is 11.6 Å². The molecule has 2 rings (SSSR count). The van der Waals surface area contributed by atoms with Crippen LogP contribution in [0.4, 0.5) is 5.69 Å². The first-order chi connectivity index (χ1) is 13.5.